The van der Waals surface area contributed by atoms with Gasteiger partial charge in [0.1, 0.15) is 5.82 Å². The lowest BCUT2D eigenvalue weighted by Gasteiger charge is -2.43. The predicted molar refractivity (Wildman–Crippen MR) is 175 cm³/mol. The number of amides is 2. The Balaban J connectivity index is 1.38. The molecule has 2 aromatic carbocycles. The van der Waals surface area contributed by atoms with E-state index in [9.17, 15) is 9.59 Å². The van der Waals surface area contributed by atoms with Crippen molar-refractivity contribution in [1.29, 1.82) is 0 Å². The Labute approximate surface area is 264 Å². The van der Waals surface area contributed by atoms with Crippen molar-refractivity contribution in [1.82, 2.24) is 15.2 Å². The van der Waals surface area contributed by atoms with Crippen molar-refractivity contribution >= 4 is 23.2 Å². The van der Waals surface area contributed by atoms with Crippen LogP contribution in [0.4, 0.5) is 15.8 Å². The number of pyridine rings is 1. The predicted octanol–water partition coefficient (Wildman–Crippen LogP) is 3.50. The van der Waals surface area contributed by atoms with Gasteiger partial charge in [-0.05, 0) is 80.3 Å². The van der Waals surface area contributed by atoms with Gasteiger partial charge in [-0.2, -0.15) is 0 Å². The summed E-state index contributed by atoms with van der Waals surface area (Å²) < 4.78 is 21.1. The first-order chi connectivity index (χ1) is 21.9. The van der Waals surface area contributed by atoms with E-state index in [-0.39, 0.29) is 23.4 Å². The van der Waals surface area contributed by atoms with Crippen molar-refractivity contribution < 1.29 is 18.7 Å². The number of hydrogen-bond acceptors (Lipinski definition) is 8. The van der Waals surface area contributed by atoms with Gasteiger partial charge in [0.2, 0.25) is 5.88 Å². The Hall–Kier alpha value is -4.22. The molecule has 3 aromatic rings. The molecular weight excluding hydrogens is 573 g/mol. The van der Waals surface area contributed by atoms with Crippen LogP contribution in [0.5, 0.6) is 5.88 Å². The molecule has 0 bridgehead atoms. The van der Waals surface area contributed by atoms with Gasteiger partial charge in [-0.15, -0.1) is 0 Å². The van der Waals surface area contributed by atoms with Crippen LogP contribution in [-0.4, -0.2) is 86.7 Å². The molecule has 2 atom stereocenters. The molecule has 2 saturated heterocycles. The molecule has 0 radical (unpaired) electrons. The van der Waals surface area contributed by atoms with Crippen LogP contribution in [-0.2, 0) is 0 Å². The summed E-state index contributed by atoms with van der Waals surface area (Å²) >= 11 is 0. The molecular formula is C34H44FN7O3. The Kier molecular flexibility index (Phi) is 10.5. The van der Waals surface area contributed by atoms with Crippen molar-refractivity contribution in [3.63, 3.8) is 0 Å². The van der Waals surface area contributed by atoms with Crippen LogP contribution in [0.1, 0.15) is 47.4 Å². The number of nitrogens with two attached hydrogens (primary N) is 2. The number of nitrogens with one attached hydrogen (secondary N) is 1. The van der Waals surface area contributed by atoms with Crippen LogP contribution in [0, 0.1) is 11.7 Å². The maximum absolute atomic E-state index is 15.3. The number of aromatic nitrogens is 1. The largest absolute Gasteiger partial charge is 0.478 e. The summed E-state index contributed by atoms with van der Waals surface area (Å²) in [5.41, 5.74) is 15.2. The van der Waals surface area contributed by atoms with Gasteiger partial charge in [0.15, 0.2) is 0 Å². The summed E-state index contributed by atoms with van der Waals surface area (Å²) in [6, 6.07) is 14.3. The fourth-order valence-electron chi connectivity index (χ4n) is 6.29. The Bertz CT molecular complexity index is 1500. The van der Waals surface area contributed by atoms with E-state index >= 15 is 4.39 Å². The van der Waals surface area contributed by atoms with Crippen molar-refractivity contribution in [3.05, 3.63) is 71.7 Å². The number of ether oxygens (including phenoxy) is 1. The first-order valence-corrected chi connectivity index (χ1v) is 15.9. The molecule has 2 aliphatic rings. The van der Waals surface area contributed by atoms with Crippen LogP contribution in [0.2, 0.25) is 0 Å². The molecule has 11 heteroatoms. The highest BCUT2D eigenvalue weighted by atomic mass is 19.1. The van der Waals surface area contributed by atoms with E-state index in [2.05, 4.69) is 27.0 Å². The molecule has 2 amide bonds. The van der Waals surface area contributed by atoms with Crippen molar-refractivity contribution in [2.45, 2.75) is 32.7 Å². The van der Waals surface area contributed by atoms with Gasteiger partial charge < -0.3 is 36.2 Å². The molecule has 2 aliphatic heterocycles. The average molecular weight is 618 g/mol. The highest BCUT2D eigenvalue weighted by Gasteiger charge is 2.33. The quantitative estimate of drug-likeness (QED) is 0.298. The number of hydrogen-bond donors (Lipinski definition) is 3. The summed E-state index contributed by atoms with van der Waals surface area (Å²) in [7, 11) is 0. The number of carbonyl (C=O) groups is 2. The van der Waals surface area contributed by atoms with Gasteiger partial charge in [0.05, 0.1) is 17.7 Å². The number of piperazine rings is 1. The fourth-order valence-corrected chi connectivity index (χ4v) is 6.29. The molecule has 2 fully saturated rings. The fraction of sp³-hybridized carbons (Fsp3) is 0.441. The number of anilines is 2. The molecule has 0 spiro atoms. The second-order valence-corrected chi connectivity index (χ2v) is 11.6. The highest BCUT2D eigenvalue weighted by Crippen LogP contribution is 2.34. The zero-order valence-corrected chi connectivity index (χ0v) is 26.2. The maximum atomic E-state index is 15.3. The molecule has 240 valence electrons. The third-order valence-corrected chi connectivity index (χ3v) is 8.75. The average Bonchev–Trinajstić information content (AvgIpc) is 3.56. The monoisotopic (exact) mass is 617 g/mol. The van der Waals surface area contributed by atoms with Gasteiger partial charge in [0, 0.05) is 75.0 Å². The molecule has 0 unspecified atom stereocenters. The SMILES string of the molecule is CCOc1ncccc1-c1ccc(N2CCN(C(=O)c3ccc(N4CC[C@H](CN)C4)cc3F)C[C@H]2CC)c(C(=O)NCCN)c1. The van der Waals surface area contributed by atoms with Crippen LogP contribution in [0.3, 0.4) is 0 Å². The Morgan fingerprint density at radius 1 is 1.04 bits per heavy atom. The zero-order chi connectivity index (χ0) is 31.9. The van der Waals surface area contributed by atoms with E-state index in [0.717, 1.165) is 48.4 Å². The molecule has 45 heavy (non-hydrogen) atoms. The van der Waals surface area contributed by atoms with Crippen molar-refractivity contribution in [2.75, 3.05) is 68.8 Å². The first kappa shape index (κ1) is 32.2. The Morgan fingerprint density at radius 3 is 2.60 bits per heavy atom. The van der Waals surface area contributed by atoms with Gasteiger partial charge in [-0.1, -0.05) is 13.0 Å². The van der Waals surface area contributed by atoms with E-state index in [1.165, 1.54) is 6.07 Å². The normalized spacial score (nSPS) is 18.3. The number of rotatable bonds is 11. The minimum atomic E-state index is -0.513. The third kappa shape index (κ3) is 7.04. The lowest BCUT2D eigenvalue weighted by molar-refractivity contribution is 0.0715. The second-order valence-electron chi connectivity index (χ2n) is 11.6. The standard InChI is InChI=1S/C34H44FN7O3/c1-3-25-22-41(34(44)28-9-8-26(19-30(28)35)40-15-11-23(20-37)21-40)16-17-42(25)31-10-7-24(18-29(31)32(43)38-14-12-36)27-6-5-13-39-33(27)45-4-2/h5-10,13,18-19,23,25H,3-4,11-12,14-17,20-22,36-37H2,1-2H3,(H,38,43)/t23-,25-/m1/s1. The van der Waals surface area contributed by atoms with E-state index in [1.807, 2.05) is 43.3 Å². The van der Waals surface area contributed by atoms with Crippen LogP contribution in [0.15, 0.2) is 54.7 Å². The van der Waals surface area contributed by atoms with E-state index in [1.54, 1.807) is 17.2 Å². The molecule has 5 rings (SSSR count). The molecule has 0 aliphatic carbocycles. The van der Waals surface area contributed by atoms with E-state index in [4.69, 9.17) is 16.2 Å². The van der Waals surface area contributed by atoms with Crippen molar-refractivity contribution in [3.8, 4) is 17.0 Å². The minimum absolute atomic E-state index is 0.0735. The molecule has 1 aromatic heterocycles. The van der Waals surface area contributed by atoms with Gasteiger partial charge in [-0.25, -0.2) is 9.37 Å². The summed E-state index contributed by atoms with van der Waals surface area (Å²) in [5.74, 6) is -0.163. The maximum Gasteiger partial charge on any atom is 0.256 e. The first-order valence-electron chi connectivity index (χ1n) is 15.9. The Morgan fingerprint density at radius 2 is 1.89 bits per heavy atom. The lowest BCUT2D eigenvalue weighted by Crippen LogP contribution is -2.55. The number of halogens is 1. The van der Waals surface area contributed by atoms with Gasteiger partial charge >= 0.3 is 0 Å². The zero-order valence-electron chi connectivity index (χ0n) is 26.2. The highest BCUT2D eigenvalue weighted by molar-refractivity contribution is 6.01. The minimum Gasteiger partial charge on any atom is -0.478 e. The summed E-state index contributed by atoms with van der Waals surface area (Å²) in [5, 5.41) is 2.91. The number of benzene rings is 2. The second kappa shape index (κ2) is 14.7. The van der Waals surface area contributed by atoms with Crippen LogP contribution >= 0.6 is 0 Å². The topological polar surface area (TPSA) is 130 Å². The summed E-state index contributed by atoms with van der Waals surface area (Å²) in [6.45, 7) is 8.62. The van der Waals surface area contributed by atoms with E-state index in [0.29, 0.717) is 63.2 Å². The van der Waals surface area contributed by atoms with E-state index < -0.39 is 5.82 Å². The van der Waals surface area contributed by atoms with Crippen molar-refractivity contribution in [2.24, 2.45) is 17.4 Å². The molecule has 5 N–H and O–H groups in total. The molecule has 3 heterocycles. The summed E-state index contributed by atoms with van der Waals surface area (Å²) in [6.07, 6.45) is 3.39. The smallest absolute Gasteiger partial charge is 0.256 e. The molecule has 10 nitrogen and oxygen atoms in total. The molecule has 0 saturated carbocycles. The lowest BCUT2D eigenvalue weighted by atomic mass is 9.99. The number of carbonyl (C=O) groups excluding carboxylic acids is 2. The summed E-state index contributed by atoms with van der Waals surface area (Å²) in [4.78, 5) is 37.4. The number of nitrogens with zero attached hydrogens (tertiary/aromatic N) is 4. The third-order valence-electron chi connectivity index (χ3n) is 8.75. The van der Waals surface area contributed by atoms with Gasteiger partial charge in [0.25, 0.3) is 11.8 Å². The van der Waals surface area contributed by atoms with Crippen LogP contribution < -0.4 is 31.3 Å². The van der Waals surface area contributed by atoms with Gasteiger partial charge in [-0.3, -0.25) is 9.59 Å². The van der Waals surface area contributed by atoms with Crippen LogP contribution in [0.25, 0.3) is 11.1 Å².